The number of rotatable bonds is 3. The molecule has 0 aliphatic carbocycles. The highest BCUT2D eigenvalue weighted by Gasteiger charge is 2.18. The molecule has 19 heavy (non-hydrogen) atoms. The van der Waals surface area contributed by atoms with E-state index in [0.717, 1.165) is 30.3 Å². The van der Waals surface area contributed by atoms with E-state index < -0.39 is 0 Å². The van der Waals surface area contributed by atoms with Crippen LogP contribution >= 0.6 is 0 Å². The Labute approximate surface area is 111 Å². The maximum absolute atomic E-state index is 4.51. The van der Waals surface area contributed by atoms with Crippen molar-refractivity contribution in [1.29, 1.82) is 0 Å². The Hall–Kier alpha value is -2.08. The Morgan fingerprint density at radius 1 is 1.26 bits per heavy atom. The van der Waals surface area contributed by atoms with Gasteiger partial charge in [0.1, 0.15) is 17.5 Å². The molecule has 1 saturated heterocycles. The molecule has 3 heterocycles. The average Bonchev–Trinajstić information content (AvgIpc) is 2.93. The lowest BCUT2D eigenvalue weighted by Crippen LogP contribution is -2.15. The molecular weight excluding hydrogens is 240 g/mol. The van der Waals surface area contributed by atoms with E-state index in [-0.39, 0.29) is 0 Å². The van der Waals surface area contributed by atoms with Crippen LogP contribution in [-0.4, -0.2) is 26.5 Å². The molecule has 6 heteroatoms. The molecule has 1 aliphatic rings. The summed E-state index contributed by atoms with van der Waals surface area (Å²) in [5.41, 5.74) is 1.04. The zero-order valence-corrected chi connectivity index (χ0v) is 10.8. The fourth-order valence-corrected chi connectivity index (χ4v) is 2.27. The van der Waals surface area contributed by atoms with Gasteiger partial charge in [-0.05, 0) is 26.3 Å². The van der Waals surface area contributed by atoms with E-state index in [9.17, 15) is 0 Å². The zero-order chi connectivity index (χ0) is 13.1. The number of aromatic nitrogens is 4. The molecule has 1 fully saturated rings. The van der Waals surface area contributed by atoms with E-state index in [2.05, 4.69) is 30.6 Å². The highest BCUT2D eigenvalue weighted by molar-refractivity contribution is 5.50. The molecular formula is C13H16N6. The van der Waals surface area contributed by atoms with Crippen LogP contribution in [0, 0.1) is 6.92 Å². The van der Waals surface area contributed by atoms with Crippen molar-refractivity contribution in [2.45, 2.75) is 25.8 Å². The first-order valence-corrected chi connectivity index (χ1v) is 6.43. The first-order valence-electron chi connectivity index (χ1n) is 6.43. The zero-order valence-electron chi connectivity index (χ0n) is 10.8. The normalized spacial score (nSPS) is 18.5. The molecule has 0 bridgehead atoms. The molecule has 1 atom stereocenters. The topological polar surface area (TPSA) is 75.6 Å². The first-order chi connectivity index (χ1) is 9.31. The molecule has 0 radical (unpaired) electrons. The van der Waals surface area contributed by atoms with E-state index in [1.165, 1.54) is 6.42 Å². The number of hydrogen-bond acceptors (Lipinski definition) is 6. The van der Waals surface area contributed by atoms with Crippen molar-refractivity contribution in [1.82, 2.24) is 25.3 Å². The molecule has 2 N–H and O–H groups in total. The number of nitrogens with one attached hydrogen (secondary N) is 2. The highest BCUT2D eigenvalue weighted by atomic mass is 15.1. The molecule has 1 aliphatic heterocycles. The van der Waals surface area contributed by atoms with Crippen LogP contribution in [0.5, 0.6) is 0 Å². The van der Waals surface area contributed by atoms with E-state index in [4.69, 9.17) is 0 Å². The lowest BCUT2D eigenvalue weighted by Gasteiger charge is -2.12. The summed E-state index contributed by atoms with van der Waals surface area (Å²) in [6.45, 7) is 2.96. The molecule has 6 nitrogen and oxygen atoms in total. The van der Waals surface area contributed by atoms with E-state index >= 15 is 0 Å². The van der Waals surface area contributed by atoms with Gasteiger partial charge in [-0.25, -0.2) is 15.0 Å². The van der Waals surface area contributed by atoms with Crippen LogP contribution in [0.15, 0.2) is 24.7 Å². The minimum atomic E-state index is 0.337. The highest BCUT2D eigenvalue weighted by Crippen LogP contribution is 2.23. The van der Waals surface area contributed by atoms with Crippen molar-refractivity contribution in [3.8, 4) is 0 Å². The average molecular weight is 256 g/mol. The molecule has 2 aromatic heterocycles. The summed E-state index contributed by atoms with van der Waals surface area (Å²) < 4.78 is 0. The van der Waals surface area contributed by atoms with Gasteiger partial charge in [0.25, 0.3) is 0 Å². The van der Waals surface area contributed by atoms with E-state index in [0.29, 0.717) is 11.9 Å². The fraction of sp³-hybridized carbons (Fsp3) is 0.385. The van der Waals surface area contributed by atoms with Crippen LogP contribution in [0.4, 0.5) is 11.6 Å². The summed E-state index contributed by atoms with van der Waals surface area (Å²) in [6, 6.07) is 2.31. The van der Waals surface area contributed by atoms with Gasteiger partial charge in [0, 0.05) is 24.5 Å². The molecule has 3 rings (SSSR count). The fourth-order valence-electron chi connectivity index (χ4n) is 2.27. The van der Waals surface area contributed by atoms with Gasteiger partial charge in [-0.1, -0.05) is 0 Å². The molecule has 98 valence electrons. The summed E-state index contributed by atoms with van der Waals surface area (Å²) in [5, 5.41) is 6.60. The minimum absolute atomic E-state index is 0.337. The monoisotopic (exact) mass is 256 g/mol. The van der Waals surface area contributed by atoms with Gasteiger partial charge in [0.2, 0.25) is 0 Å². The molecule has 0 amide bonds. The van der Waals surface area contributed by atoms with Crippen LogP contribution in [0.3, 0.4) is 0 Å². The van der Waals surface area contributed by atoms with Gasteiger partial charge in [-0.15, -0.1) is 0 Å². The molecule has 0 spiro atoms. The number of hydrogen-bond donors (Lipinski definition) is 2. The van der Waals surface area contributed by atoms with Crippen LogP contribution in [0.25, 0.3) is 0 Å². The summed E-state index contributed by atoms with van der Waals surface area (Å²) in [6.07, 6.45) is 7.28. The number of aryl methyl sites for hydroxylation is 1. The maximum atomic E-state index is 4.51. The molecule has 0 saturated carbocycles. The predicted octanol–water partition coefficient (Wildman–Crippen LogP) is 1.74. The van der Waals surface area contributed by atoms with Crippen molar-refractivity contribution in [2.75, 3.05) is 11.9 Å². The van der Waals surface area contributed by atoms with Gasteiger partial charge in [-0.3, -0.25) is 4.98 Å². The largest absolute Gasteiger partial charge is 0.324 e. The lowest BCUT2D eigenvalue weighted by atomic mass is 10.1. The smallest absolute Gasteiger partial charge is 0.150 e. The Morgan fingerprint density at radius 3 is 2.95 bits per heavy atom. The van der Waals surface area contributed by atoms with Gasteiger partial charge < -0.3 is 10.6 Å². The third-order valence-corrected chi connectivity index (χ3v) is 3.09. The Kier molecular flexibility index (Phi) is 3.33. The predicted molar refractivity (Wildman–Crippen MR) is 72.1 cm³/mol. The summed E-state index contributed by atoms with van der Waals surface area (Å²) in [5.74, 6) is 2.21. The summed E-state index contributed by atoms with van der Waals surface area (Å²) in [4.78, 5) is 17.1. The van der Waals surface area contributed by atoms with Crippen molar-refractivity contribution >= 4 is 11.6 Å². The Bertz CT molecular complexity index is 550. The maximum Gasteiger partial charge on any atom is 0.150 e. The molecule has 0 unspecified atom stereocenters. The van der Waals surface area contributed by atoms with Crippen LogP contribution in [0.2, 0.25) is 0 Å². The Balaban J connectivity index is 1.85. The van der Waals surface area contributed by atoms with Crippen molar-refractivity contribution in [3.05, 3.63) is 36.2 Å². The quantitative estimate of drug-likeness (QED) is 0.871. The van der Waals surface area contributed by atoms with Gasteiger partial charge in [-0.2, -0.15) is 0 Å². The standard InChI is InChI=1S/C13H16N6/c1-9-17-11(10-3-2-4-15-10)7-12(18-9)19-13-8-14-5-6-16-13/h5-8,10,15H,2-4H2,1H3,(H,16,17,18,19)/t10-/m1/s1. The second-order valence-corrected chi connectivity index (χ2v) is 4.59. The van der Waals surface area contributed by atoms with Crippen molar-refractivity contribution in [3.63, 3.8) is 0 Å². The summed E-state index contributed by atoms with van der Waals surface area (Å²) in [7, 11) is 0. The SMILES string of the molecule is Cc1nc(Nc2cnccn2)cc([C@H]2CCCN2)n1. The molecule has 2 aromatic rings. The van der Waals surface area contributed by atoms with Gasteiger partial charge in [0.15, 0.2) is 0 Å². The second-order valence-electron chi connectivity index (χ2n) is 4.59. The second kappa shape index (κ2) is 5.27. The van der Waals surface area contributed by atoms with E-state index in [1.807, 2.05) is 13.0 Å². The number of nitrogens with zero attached hydrogens (tertiary/aromatic N) is 4. The first kappa shape index (κ1) is 12.0. The van der Waals surface area contributed by atoms with Gasteiger partial charge >= 0.3 is 0 Å². The van der Waals surface area contributed by atoms with Crippen molar-refractivity contribution < 1.29 is 0 Å². The van der Waals surface area contributed by atoms with Crippen LogP contribution < -0.4 is 10.6 Å². The lowest BCUT2D eigenvalue weighted by molar-refractivity contribution is 0.623. The Morgan fingerprint density at radius 2 is 2.21 bits per heavy atom. The van der Waals surface area contributed by atoms with E-state index in [1.54, 1.807) is 18.6 Å². The van der Waals surface area contributed by atoms with Gasteiger partial charge in [0.05, 0.1) is 11.9 Å². The van der Waals surface area contributed by atoms with Crippen molar-refractivity contribution in [2.24, 2.45) is 0 Å². The molecule has 0 aromatic carbocycles. The third kappa shape index (κ3) is 2.85. The minimum Gasteiger partial charge on any atom is -0.324 e. The van der Waals surface area contributed by atoms with Crippen LogP contribution in [-0.2, 0) is 0 Å². The third-order valence-electron chi connectivity index (χ3n) is 3.09. The van der Waals surface area contributed by atoms with Crippen LogP contribution in [0.1, 0.15) is 30.4 Å². The number of anilines is 2. The summed E-state index contributed by atoms with van der Waals surface area (Å²) >= 11 is 0.